The van der Waals surface area contributed by atoms with E-state index in [1.54, 1.807) is 43.5 Å². The molecule has 0 bridgehead atoms. The third-order valence-electron chi connectivity index (χ3n) is 3.72. The zero-order valence-corrected chi connectivity index (χ0v) is 15.9. The lowest BCUT2D eigenvalue weighted by molar-refractivity contribution is -0.121. The molecule has 2 aromatic carbocycles. The highest BCUT2D eigenvalue weighted by Gasteiger charge is 2.08. The molecule has 0 saturated carbocycles. The average molecular weight is 395 g/mol. The molecule has 0 unspecified atom stereocenters. The van der Waals surface area contributed by atoms with Gasteiger partial charge in [-0.25, -0.2) is 0 Å². The van der Waals surface area contributed by atoms with Crippen molar-refractivity contribution < 1.29 is 14.3 Å². The Kier molecular flexibility index (Phi) is 7.75. The summed E-state index contributed by atoms with van der Waals surface area (Å²) in [5.74, 6) is 0.283. The van der Waals surface area contributed by atoms with Crippen molar-refractivity contribution in [2.24, 2.45) is 0 Å². The summed E-state index contributed by atoms with van der Waals surface area (Å²) in [5, 5.41) is 6.47. The van der Waals surface area contributed by atoms with Crippen LogP contribution in [-0.4, -0.2) is 32.0 Å². The molecule has 7 heteroatoms. The molecule has 0 atom stereocenters. The summed E-state index contributed by atoms with van der Waals surface area (Å²) in [6.45, 7) is 0.678. The highest BCUT2D eigenvalue weighted by molar-refractivity contribution is 6.42. The topological polar surface area (TPSA) is 67.4 Å². The average Bonchev–Trinajstić information content (AvgIpc) is 2.66. The van der Waals surface area contributed by atoms with Crippen LogP contribution in [0.4, 0.5) is 0 Å². The number of ether oxygens (including phenoxy) is 1. The van der Waals surface area contributed by atoms with Crippen molar-refractivity contribution in [1.82, 2.24) is 10.6 Å². The number of amides is 2. The lowest BCUT2D eigenvalue weighted by Gasteiger charge is -2.09. The first-order valence-electron chi connectivity index (χ1n) is 8.13. The first kappa shape index (κ1) is 20.1. The van der Waals surface area contributed by atoms with Gasteiger partial charge >= 0.3 is 0 Å². The molecule has 138 valence electrons. The number of carbonyl (C=O) groups excluding carboxylic acids is 2. The summed E-state index contributed by atoms with van der Waals surface area (Å²) in [6.07, 6.45) is 0.797. The highest BCUT2D eigenvalue weighted by Crippen LogP contribution is 2.26. The molecule has 0 aliphatic carbocycles. The number of aryl methyl sites for hydroxylation is 1. The van der Waals surface area contributed by atoms with E-state index < -0.39 is 0 Å². The molecule has 0 heterocycles. The summed E-state index contributed by atoms with van der Waals surface area (Å²) in [5.41, 5.74) is 1.34. The molecule has 5 nitrogen and oxygen atoms in total. The molecule has 2 amide bonds. The van der Waals surface area contributed by atoms with E-state index in [1.807, 2.05) is 6.07 Å². The number of rotatable bonds is 8. The van der Waals surface area contributed by atoms with Gasteiger partial charge in [-0.3, -0.25) is 9.59 Å². The number of carbonyl (C=O) groups is 2. The predicted molar refractivity (Wildman–Crippen MR) is 103 cm³/mol. The van der Waals surface area contributed by atoms with Crippen LogP contribution in [0.15, 0.2) is 42.5 Å². The minimum Gasteiger partial charge on any atom is -0.497 e. The standard InChI is InChI=1S/C19H20Cl2N2O3/c1-26-15-6-2-5-14(12-15)19(25)23-11-10-22-17(24)9-8-13-4-3-7-16(20)18(13)21/h2-7,12H,8-11H2,1H3,(H,22,24)(H,23,25). The minimum absolute atomic E-state index is 0.114. The van der Waals surface area contributed by atoms with Gasteiger partial charge in [-0.2, -0.15) is 0 Å². The maximum Gasteiger partial charge on any atom is 0.251 e. The second-order valence-corrected chi connectivity index (χ2v) is 6.34. The van der Waals surface area contributed by atoms with Crippen molar-refractivity contribution in [3.63, 3.8) is 0 Å². The number of methoxy groups -OCH3 is 1. The van der Waals surface area contributed by atoms with E-state index in [9.17, 15) is 9.59 Å². The molecular weight excluding hydrogens is 375 g/mol. The first-order chi connectivity index (χ1) is 12.5. The molecule has 0 fully saturated rings. The van der Waals surface area contributed by atoms with Gasteiger partial charge in [0.1, 0.15) is 5.75 Å². The smallest absolute Gasteiger partial charge is 0.251 e. The van der Waals surface area contributed by atoms with Crippen molar-refractivity contribution in [3.05, 3.63) is 63.6 Å². The van der Waals surface area contributed by atoms with Crippen LogP contribution in [0, 0.1) is 0 Å². The normalized spacial score (nSPS) is 10.3. The molecule has 0 saturated heterocycles. The molecule has 0 spiro atoms. The van der Waals surface area contributed by atoms with Crippen LogP contribution in [0.3, 0.4) is 0 Å². The summed E-state index contributed by atoms with van der Waals surface area (Å²) in [6, 6.07) is 12.2. The van der Waals surface area contributed by atoms with Crippen LogP contribution in [0.5, 0.6) is 5.75 Å². The maximum atomic E-state index is 12.0. The fraction of sp³-hybridized carbons (Fsp3) is 0.263. The molecule has 0 radical (unpaired) electrons. The molecule has 26 heavy (non-hydrogen) atoms. The van der Waals surface area contributed by atoms with E-state index in [4.69, 9.17) is 27.9 Å². The van der Waals surface area contributed by atoms with Crippen molar-refractivity contribution in [1.29, 1.82) is 0 Å². The summed E-state index contributed by atoms with van der Waals surface area (Å²) >= 11 is 12.0. The van der Waals surface area contributed by atoms with Crippen molar-refractivity contribution in [2.45, 2.75) is 12.8 Å². The highest BCUT2D eigenvalue weighted by atomic mass is 35.5. The predicted octanol–water partition coefficient (Wildman–Crippen LogP) is 3.48. The Hall–Kier alpha value is -2.24. The van der Waals surface area contributed by atoms with Gasteiger partial charge in [0.05, 0.1) is 17.2 Å². The van der Waals surface area contributed by atoms with Crippen LogP contribution < -0.4 is 15.4 Å². The zero-order valence-electron chi connectivity index (χ0n) is 14.4. The number of nitrogens with one attached hydrogen (secondary N) is 2. The minimum atomic E-state index is -0.219. The van der Waals surface area contributed by atoms with E-state index in [-0.39, 0.29) is 11.8 Å². The lowest BCUT2D eigenvalue weighted by atomic mass is 10.1. The largest absolute Gasteiger partial charge is 0.497 e. The zero-order chi connectivity index (χ0) is 18.9. The fourth-order valence-corrected chi connectivity index (χ4v) is 2.74. The van der Waals surface area contributed by atoms with Gasteiger partial charge in [0.25, 0.3) is 5.91 Å². The van der Waals surface area contributed by atoms with Gasteiger partial charge in [-0.05, 0) is 36.2 Å². The van der Waals surface area contributed by atoms with E-state index >= 15 is 0 Å². The van der Waals surface area contributed by atoms with Gasteiger partial charge in [0.2, 0.25) is 5.91 Å². The van der Waals surface area contributed by atoms with Crippen molar-refractivity contribution >= 4 is 35.0 Å². The Morgan fingerprint density at radius 3 is 2.54 bits per heavy atom. The van der Waals surface area contributed by atoms with Gasteiger partial charge in [-0.1, -0.05) is 41.4 Å². The fourth-order valence-electron chi connectivity index (χ4n) is 2.32. The summed E-state index contributed by atoms with van der Waals surface area (Å²) in [7, 11) is 1.54. The molecule has 0 aromatic heterocycles. The third-order valence-corrected chi connectivity index (χ3v) is 4.58. The molecule has 0 aliphatic rings. The van der Waals surface area contributed by atoms with Gasteiger partial charge in [0, 0.05) is 25.1 Å². The van der Waals surface area contributed by atoms with Crippen LogP contribution in [0.2, 0.25) is 10.0 Å². The number of hydrogen-bond donors (Lipinski definition) is 2. The Morgan fingerprint density at radius 1 is 1.04 bits per heavy atom. The second kappa shape index (κ2) is 10.0. The maximum absolute atomic E-state index is 12.0. The monoisotopic (exact) mass is 394 g/mol. The Bertz CT molecular complexity index is 781. The van der Waals surface area contributed by atoms with Gasteiger partial charge in [0.15, 0.2) is 0 Å². The van der Waals surface area contributed by atoms with Crippen LogP contribution >= 0.6 is 23.2 Å². The van der Waals surface area contributed by atoms with Gasteiger partial charge < -0.3 is 15.4 Å². The van der Waals surface area contributed by atoms with Crippen LogP contribution in [-0.2, 0) is 11.2 Å². The Morgan fingerprint density at radius 2 is 1.77 bits per heavy atom. The van der Waals surface area contributed by atoms with E-state index in [0.29, 0.717) is 47.3 Å². The van der Waals surface area contributed by atoms with Gasteiger partial charge in [-0.15, -0.1) is 0 Å². The third kappa shape index (κ3) is 5.93. The van der Waals surface area contributed by atoms with Crippen molar-refractivity contribution in [2.75, 3.05) is 20.2 Å². The molecule has 2 N–H and O–H groups in total. The Balaban J connectivity index is 1.69. The molecule has 0 aliphatic heterocycles. The van der Waals surface area contributed by atoms with Crippen LogP contribution in [0.1, 0.15) is 22.3 Å². The quantitative estimate of drug-likeness (QED) is 0.673. The number of hydrogen-bond acceptors (Lipinski definition) is 3. The Labute approximate surface area is 162 Å². The SMILES string of the molecule is COc1cccc(C(=O)NCCNC(=O)CCc2cccc(Cl)c2Cl)c1. The van der Waals surface area contributed by atoms with E-state index in [2.05, 4.69) is 10.6 Å². The van der Waals surface area contributed by atoms with Crippen molar-refractivity contribution in [3.8, 4) is 5.75 Å². The lowest BCUT2D eigenvalue weighted by Crippen LogP contribution is -2.34. The second-order valence-electron chi connectivity index (χ2n) is 5.55. The number of benzene rings is 2. The summed E-state index contributed by atoms with van der Waals surface area (Å²) < 4.78 is 5.09. The molecule has 2 rings (SSSR count). The summed E-state index contributed by atoms with van der Waals surface area (Å²) in [4.78, 5) is 23.9. The molecule has 2 aromatic rings. The first-order valence-corrected chi connectivity index (χ1v) is 8.88. The molecular formula is C19H20Cl2N2O3. The van der Waals surface area contributed by atoms with Crippen LogP contribution in [0.25, 0.3) is 0 Å². The van der Waals surface area contributed by atoms with E-state index in [1.165, 1.54) is 0 Å². The van der Waals surface area contributed by atoms with E-state index in [0.717, 1.165) is 5.56 Å². The number of halogens is 2.